The van der Waals surface area contributed by atoms with Crippen LogP contribution in [0, 0.1) is 0 Å². The minimum Gasteiger partial charge on any atom is -0.466 e. The predicted octanol–water partition coefficient (Wildman–Crippen LogP) is 3.29. The Balaban J connectivity index is 3.01. The van der Waals surface area contributed by atoms with Crippen LogP contribution in [0.4, 0.5) is 22.0 Å². The lowest BCUT2D eigenvalue weighted by Gasteiger charge is -2.14. The van der Waals surface area contributed by atoms with Crippen LogP contribution < -0.4 is 9.47 Å². The minimum absolute atomic E-state index is 0.0443. The van der Waals surface area contributed by atoms with Crippen LogP contribution in [-0.4, -0.2) is 25.6 Å². The van der Waals surface area contributed by atoms with E-state index >= 15 is 0 Å². The van der Waals surface area contributed by atoms with Gasteiger partial charge < -0.3 is 14.2 Å². The van der Waals surface area contributed by atoms with Crippen LogP contribution in [0.1, 0.15) is 12.5 Å². The second kappa shape index (κ2) is 7.09. The highest BCUT2D eigenvalue weighted by atomic mass is 19.4. The Morgan fingerprint density at radius 3 is 2.48 bits per heavy atom. The molecule has 0 fully saturated rings. The van der Waals surface area contributed by atoms with Crippen molar-refractivity contribution in [3.05, 3.63) is 23.8 Å². The van der Waals surface area contributed by atoms with E-state index in [-0.39, 0.29) is 12.2 Å². The second-order valence-corrected chi connectivity index (χ2v) is 3.68. The van der Waals surface area contributed by atoms with Gasteiger partial charge in [0.15, 0.2) is 0 Å². The van der Waals surface area contributed by atoms with Crippen LogP contribution in [0.2, 0.25) is 0 Å². The predicted molar refractivity (Wildman–Crippen MR) is 60.1 cm³/mol. The number of ether oxygens (including phenoxy) is 3. The van der Waals surface area contributed by atoms with Gasteiger partial charge in [0.25, 0.3) is 0 Å². The molecule has 0 aliphatic rings. The van der Waals surface area contributed by atoms with Crippen LogP contribution in [-0.2, 0) is 16.0 Å². The molecule has 0 bridgehead atoms. The first-order valence-electron chi connectivity index (χ1n) is 5.70. The topological polar surface area (TPSA) is 44.8 Å². The molecule has 118 valence electrons. The number of halogens is 5. The van der Waals surface area contributed by atoms with E-state index in [1.807, 2.05) is 0 Å². The van der Waals surface area contributed by atoms with Crippen molar-refractivity contribution in [2.45, 2.75) is 26.3 Å². The van der Waals surface area contributed by atoms with Gasteiger partial charge in [0, 0.05) is 5.56 Å². The molecule has 21 heavy (non-hydrogen) atoms. The largest absolute Gasteiger partial charge is 0.573 e. The maximum absolute atomic E-state index is 12.2. The SMILES string of the molecule is CCOC(=O)Cc1cc(OC(F)(F)F)ccc1OC(F)F. The van der Waals surface area contributed by atoms with E-state index in [1.54, 1.807) is 0 Å². The zero-order chi connectivity index (χ0) is 16.0. The number of benzene rings is 1. The fourth-order valence-electron chi connectivity index (χ4n) is 1.47. The van der Waals surface area contributed by atoms with Crippen molar-refractivity contribution in [2.24, 2.45) is 0 Å². The zero-order valence-electron chi connectivity index (χ0n) is 10.7. The molecule has 4 nitrogen and oxygen atoms in total. The lowest BCUT2D eigenvalue weighted by atomic mass is 10.1. The van der Waals surface area contributed by atoms with Gasteiger partial charge >= 0.3 is 18.9 Å². The lowest BCUT2D eigenvalue weighted by Crippen LogP contribution is -2.17. The molecule has 9 heteroatoms. The summed E-state index contributed by atoms with van der Waals surface area (Å²) in [6.07, 6.45) is -5.46. The van der Waals surface area contributed by atoms with Crippen LogP contribution >= 0.6 is 0 Å². The number of hydrogen-bond acceptors (Lipinski definition) is 4. The van der Waals surface area contributed by atoms with E-state index in [1.165, 1.54) is 6.92 Å². The fraction of sp³-hybridized carbons (Fsp3) is 0.417. The van der Waals surface area contributed by atoms with Crippen molar-refractivity contribution in [1.29, 1.82) is 0 Å². The van der Waals surface area contributed by atoms with E-state index < -0.39 is 36.9 Å². The number of rotatable bonds is 6. The molecular formula is C12H11F5O4. The number of hydrogen-bond donors (Lipinski definition) is 0. The van der Waals surface area contributed by atoms with Crippen LogP contribution in [0.5, 0.6) is 11.5 Å². The summed E-state index contributed by atoms with van der Waals surface area (Å²) in [6, 6.07) is 2.46. The maximum Gasteiger partial charge on any atom is 0.573 e. The Bertz CT molecular complexity index is 487. The van der Waals surface area contributed by atoms with Crippen molar-refractivity contribution < 1.29 is 41.0 Å². The van der Waals surface area contributed by atoms with E-state index in [4.69, 9.17) is 0 Å². The fourth-order valence-corrected chi connectivity index (χ4v) is 1.47. The highest BCUT2D eigenvalue weighted by molar-refractivity contribution is 5.73. The van der Waals surface area contributed by atoms with Crippen molar-refractivity contribution in [3.8, 4) is 11.5 Å². The molecule has 0 aliphatic heterocycles. The lowest BCUT2D eigenvalue weighted by molar-refractivity contribution is -0.274. The van der Waals surface area contributed by atoms with E-state index in [9.17, 15) is 26.7 Å². The molecule has 0 spiro atoms. The third-order valence-electron chi connectivity index (χ3n) is 2.12. The van der Waals surface area contributed by atoms with Crippen LogP contribution in [0.3, 0.4) is 0 Å². The van der Waals surface area contributed by atoms with Gasteiger partial charge in [-0.1, -0.05) is 0 Å². The zero-order valence-corrected chi connectivity index (χ0v) is 10.7. The standard InChI is InChI=1S/C12H11F5O4/c1-2-19-10(18)6-7-5-8(21-12(15,16)17)3-4-9(7)20-11(13)14/h3-5,11H,2,6H2,1H3. The quantitative estimate of drug-likeness (QED) is 0.597. The summed E-state index contributed by atoms with van der Waals surface area (Å²) in [5, 5.41) is 0. The summed E-state index contributed by atoms with van der Waals surface area (Å²) < 4.78 is 73.1. The summed E-state index contributed by atoms with van der Waals surface area (Å²) >= 11 is 0. The minimum atomic E-state index is -4.94. The van der Waals surface area contributed by atoms with Crippen molar-refractivity contribution >= 4 is 5.97 Å². The Hall–Kier alpha value is -2.06. The summed E-state index contributed by atoms with van der Waals surface area (Å²) in [5.41, 5.74) is -0.199. The molecule has 0 heterocycles. The van der Waals surface area contributed by atoms with Gasteiger partial charge in [-0.3, -0.25) is 4.79 Å². The number of alkyl halides is 5. The molecule has 0 N–H and O–H groups in total. The summed E-state index contributed by atoms with van der Waals surface area (Å²) in [5.74, 6) is -1.86. The van der Waals surface area contributed by atoms with Crippen molar-refractivity contribution in [1.82, 2.24) is 0 Å². The van der Waals surface area contributed by atoms with Crippen molar-refractivity contribution in [3.63, 3.8) is 0 Å². The van der Waals surface area contributed by atoms with Gasteiger partial charge in [-0.05, 0) is 25.1 Å². The molecule has 0 aromatic heterocycles. The first-order valence-corrected chi connectivity index (χ1v) is 5.70. The third kappa shape index (κ3) is 6.28. The van der Waals surface area contributed by atoms with Gasteiger partial charge in [-0.15, -0.1) is 13.2 Å². The maximum atomic E-state index is 12.2. The third-order valence-corrected chi connectivity index (χ3v) is 2.12. The normalized spacial score (nSPS) is 11.4. The van der Waals surface area contributed by atoms with Gasteiger partial charge in [-0.25, -0.2) is 0 Å². The number of carbonyl (C=O) groups is 1. The average molecular weight is 314 g/mol. The molecule has 0 radical (unpaired) electrons. The Labute approximate surface area is 116 Å². The molecule has 0 unspecified atom stereocenters. The summed E-state index contributed by atoms with van der Waals surface area (Å²) in [6.45, 7) is -1.61. The molecule has 1 aromatic carbocycles. The Kier molecular flexibility index (Phi) is 5.74. The van der Waals surface area contributed by atoms with Crippen LogP contribution in [0.25, 0.3) is 0 Å². The first-order chi connectivity index (χ1) is 9.71. The molecule has 1 rings (SSSR count). The molecule has 0 amide bonds. The van der Waals surface area contributed by atoms with E-state index in [2.05, 4.69) is 14.2 Å². The Morgan fingerprint density at radius 1 is 1.29 bits per heavy atom. The summed E-state index contributed by atoms with van der Waals surface area (Å²) in [4.78, 5) is 11.3. The summed E-state index contributed by atoms with van der Waals surface area (Å²) in [7, 11) is 0. The number of esters is 1. The first kappa shape index (κ1) is 17.0. The van der Waals surface area contributed by atoms with E-state index in [0.29, 0.717) is 0 Å². The second-order valence-electron chi connectivity index (χ2n) is 3.68. The Morgan fingerprint density at radius 2 is 1.95 bits per heavy atom. The van der Waals surface area contributed by atoms with Gasteiger partial charge in [0.1, 0.15) is 11.5 Å². The molecule has 0 atom stereocenters. The van der Waals surface area contributed by atoms with Crippen LogP contribution in [0.15, 0.2) is 18.2 Å². The monoisotopic (exact) mass is 314 g/mol. The molecule has 0 saturated carbocycles. The average Bonchev–Trinajstić information content (AvgIpc) is 2.30. The molecule has 0 aliphatic carbocycles. The van der Waals surface area contributed by atoms with Crippen molar-refractivity contribution in [2.75, 3.05) is 6.61 Å². The molecule has 1 aromatic rings. The molecule has 0 saturated heterocycles. The molecular weight excluding hydrogens is 303 g/mol. The highest BCUT2D eigenvalue weighted by Crippen LogP contribution is 2.29. The van der Waals surface area contributed by atoms with E-state index in [0.717, 1.165) is 18.2 Å². The number of carbonyl (C=O) groups excluding carboxylic acids is 1. The highest BCUT2D eigenvalue weighted by Gasteiger charge is 2.31. The van der Waals surface area contributed by atoms with Gasteiger partial charge in [-0.2, -0.15) is 8.78 Å². The van der Waals surface area contributed by atoms with Gasteiger partial charge in [0.05, 0.1) is 13.0 Å². The smallest absolute Gasteiger partial charge is 0.466 e. The van der Waals surface area contributed by atoms with Gasteiger partial charge in [0.2, 0.25) is 0 Å².